The first kappa shape index (κ1) is 12.8. The lowest BCUT2D eigenvalue weighted by Gasteiger charge is -2.01. The molecule has 1 aromatic heterocycles. The Morgan fingerprint density at radius 3 is 2.70 bits per heavy atom. The van der Waals surface area contributed by atoms with Gasteiger partial charge in [-0.15, -0.1) is 11.3 Å². The third kappa shape index (κ3) is 2.42. The molecular formula is C16H13FN2S. The van der Waals surface area contributed by atoms with E-state index in [1.807, 2.05) is 42.6 Å². The highest BCUT2D eigenvalue weighted by Crippen LogP contribution is 2.32. The van der Waals surface area contributed by atoms with Crippen molar-refractivity contribution in [3.8, 4) is 21.8 Å². The Labute approximate surface area is 120 Å². The minimum absolute atomic E-state index is 0.240. The summed E-state index contributed by atoms with van der Waals surface area (Å²) < 4.78 is 13.5. The van der Waals surface area contributed by atoms with Crippen LogP contribution in [0, 0.1) is 12.7 Å². The number of nitrogen functional groups attached to an aromatic ring is 1. The van der Waals surface area contributed by atoms with E-state index >= 15 is 0 Å². The maximum absolute atomic E-state index is 13.5. The molecule has 0 unspecified atom stereocenters. The van der Waals surface area contributed by atoms with Crippen LogP contribution < -0.4 is 5.73 Å². The van der Waals surface area contributed by atoms with Gasteiger partial charge in [-0.05, 0) is 36.8 Å². The summed E-state index contributed by atoms with van der Waals surface area (Å²) in [6.45, 7) is 1.87. The van der Waals surface area contributed by atoms with Gasteiger partial charge in [0.15, 0.2) is 0 Å². The maximum Gasteiger partial charge on any atom is 0.124 e. The van der Waals surface area contributed by atoms with Gasteiger partial charge in [0.1, 0.15) is 10.8 Å². The molecule has 3 aromatic rings. The van der Waals surface area contributed by atoms with E-state index in [4.69, 9.17) is 5.73 Å². The number of halogens is 1. The fraction of sp³-hybridized carbons (Fsp3) is 0.0625. The van der Waals surface area contributed by atoms with Crippen molar-refractivity contribution in [2.24, 2.45) is 0 Å². The number of anilines is 1. The van der Waals surface area contributed by atoms with E-state index in [9.17, 15) is 4.39 Å². The zero-order chi connectivity index (χ0) is 14.1. The summed E-state index contributed by atoms with van der Waals surface area (Å²) in [4.78, 5) is 4.57. The quantitative estimate of drug-likeness (QED) is 0.703. The number of rotatable bonds is 2. The van der Waals surface area contributed by atoms with Crippen LogP contribution in [0.3, 0.4) is 0 Å². The average Bonchev–Trinajstić information content (AvgIpc) is 2.87. The van der Waals surface area contributed by atoms with Gasteiger partial charge in [-0.1, -0.05) is 18.2 Å². The summed E-state index contributed by atoms with van der Waals surface area (Å²) in [7, 11) is 0. The van der Waals surface area contributed by atoms with E-state index in [1.54, 1.807) is 0 Å². The number of para-hydroxylation sites is 1. The van der Waals surface area contributed by atoms with Crippen molar-refractivity contribution in [3.63, 3.8) is 0 Å². The third-order valence-electron chi connectivity index (χ3n) is 3.03. The predicted molar refractivity (Wildman–Crippen MR) is 82.1 cm³/mol. The molecule has 0 aliphatic carbocycles. The van der Waals surface area contributed by atoms with Crippen molar-refractivity contribution in [2.75, 3.05) is 5.73 Å². The van der Waals surface area contributed by atoms with Crippen LogP contribution in [0.2, 0.25) is 0 Å². The molecule has 2 N–H and O–H groups in total. The van der Waals surface area contributed by atoms with Crippen LogP contribution in [0.1, 0.15) is 5.56 Å². The molecule has 2 aromatic carbocycles. The Balaban J connectivity index is 2.04. The Kier molecular flexibility index (Phi) is 3.24. The molecule has 0 atom stereocenters. The Hall–Kier alpha value is -2.20. The Bertz CT molecular complexity index is 744. The lowest BCUT2D eigenvalue weighted by Crippen LogP contribution is -1.89. The summed E-state index contributed by atoms with van der Waals surface area (Å²) in [6, 6.07) is 12.5. The fourth-order valence-corrected chi connectivity index (χ4v) is 2.93. The molecule has 0 saturated carbocycles. The molecule has 0 radical (unpaired) electrons. The molecule has 100 valence electrons. The van der Waals surface area contributed by atoms with Gasteiger partial charge < -0.3 is 5.73 Å². The number of thiazole rings is 1. The first-order valence-corrected chi connectivity index (χ1v) is 7.09. The molecule has 0 spiro atoms. The summed E-state index contributed by atoms with van der Waals surface area (Å²) in [5, 5.41) is 2.74. The minimum Gasteiger partial charge on any atom is -0.398 e. The van der Waals surface area contributed by atoms with Crippen LogP contribution in [-0.2, 0) is 0 Å². The SMILES string of the molecule is Cc1cc(F)cc(-c2nc(-c3ccccc3N)cs2)c1. The van der Waals surface area contributed by atoms with E-state index in [1.165, 1.54) is 23.5 Å². The monoisotopic (exact) mass is 284 g/mol. The minimum atomic E-state index is -0.240. The van der Waals surface area contributed by atoms with E-state index in [0.717, 1.165) is 27.4 Å². The molecule has 20 heavy (non-hydrogen) atoms. The first-order valence-electron chi connectivity index (χ1n) is 6.21. The molecular weight excluding hydrogens is 271 g/mol. The van der Waals surface area contributed by atoms with Crippen molar-refractivity contribution < 1.29 is 4.39 Å². The number of aromatic nitrogens is 1. The molecule has 0 bridgehead atoms. The van der Waals surface area contributed by atoms with Crippen LogP contribution in [-0.4, -0.2) is 4.98 Å². The average molecular weight is 284 g/mol. The number of aryl methyl sites for hydroxylation is 1. The van der Waals surface area contributed by atoms with Gasteiger partial charge in [0.25, 0.3) is 0 Å². The highest BCUT2D eigenvalue weighted by molar-refractivity contribution is 7.13. The van der Waals surface area contributed by atoms with Crippen LogP contribution in [0.15, 0.2) is 47.8 Å². The largest absolute Gasteiger partial charge is 0.398 e. The standard InChI is InChI=1S/C16H13FN2S/c1-10-6-11(8-12(17)7-10)16-19-15(9-20-16)13-4-2-3-5-14(13)18/h2-9H,18H2,1H3. The normalized spacial score (nSPS) is 10.7. The fourth-order valence-electron chi connectivity index (χ4n) is 2.12. The zero-order valence-electron chi connectivity index (χ0n) is 10.9. The smallest absolute Gasteiger partial charge is 0.124 e. The molecule has 0 amide bonds. The molecule has 2 nitrogen and oxygen atoms in total. The molecule has 0 fully saturated rings. The molecule has 0 aliphatic rings. The Morgan fingerprint density at radius 2 is 1.95 bits per heavy atom. The van der Waals surface area contributed by atoms with Crippen molar-refractivity contribution >= 4 is 17.0 Å². The maximum atomic E-state index is 13.5. The topological polar surface area (TPSA) is 38.9 Å². The van der Waals surface area contributed by atoms with Crippen molar-refractivity contribution in [1.29, 1.82) is 0 Å². The van der Waals surface area contributed by atoms with Crippen molar-refractivity contribution in [1.82, 2.24) is 4.98 Å². The second-order valence-electron chi connectivity index (χ2n) is 4.64. The van der Waals surface area contributed by atoms with Gasteiger partial charge >= 0.3 is 0 Å². The molecule has 3 rings (SSSR count). The van der Waals surface area contributed by atoms with Gasteiger partial charge in [0.2, 0.25) is 0 Å². The predicted octanol–water partition coefficient (Wildman–Crippen LogP) is 4.51. The molecule has 0 aliphatic heterocycles. The van der Waals surface area contributed by atoms with Crippen LogP contribution in [0.25, 0.3) is 21.8 Å². The molecule has 4 heteroatoms. The van der Waals surface area contributed by atoms with E-state index in [-0.39, 0.29) is 5.82 Å². The van der Waals surface area contributed by atoms with Gasteiger partial charge in [-0.3, -0.25) is 0 Å². The highest BCUT2D eigenvalue weighted by Gasteiger charge is 2.09. The lowest BCUT2D eigenvalue weighted by molar-refractivity contribution is 0.627. The Morgan fingerprint density at radius 1 is 1.15 bits per heavy atom. The van der Waals surface area contributed by atoms with E-state index in [0.29, 0.717) is 5.69 Å². The first-order chi connectivity index (χ1) is 9.63. The second-order valence-corrected chi connectivity index (χ2v) is 5.50. The van der Waals surface area contributed by atoms with Crippen LogP contribution in [0.4, 0.5) is 10.1 Å². The van der Waals surface area contributed by atoms with Crippen LogP contribution >= 0.6 is 11.3 Å². The summed E-state index contributed by atoms with van der Waals surface area (Å²) in [5.74, 6) is -0.240. The number of nitrogens with two attached hydrogens (primary N) is 1. The second kappa shape index (κ2) is 5.06. The summed E-state index contributed by atoms with van der Waals surface area (Å²) in [5.41, 5.74) is 10.1. The number of nitrogens with zero attached hydrogens (tertiary/aromatic N) is 1. The third-order valence-corrected chi connectivity index (χ3v) is 3.92. The molecule has 1 heterocycles. The van der Waals surface area contributed by atoms with E-state index in [2.05, 4.69) is 4.98 Å². The van der Waals surface area contributed by atoms with Gasteiger partial charge in [0.05, 0.1) is 5.69 Å². The number of hydrogen-bond acceptors (Lipinski definition) is 3. The van der Waals surface area contributed by atoms with Crippen molar-refractivity contribution in [3.05, 3.63) is 59.2 Å². The van der Waals surface area contributed by atoms with Gasteiger partial charge in [-0.25, -0.2) is 9.37 Å². The van der Waals surface area contributed by atoms with Gasteiger partial charge in [0, 0.05) is 22.2 Å². The number of benzene rings is 2. The summed E-state index contributed by atoms with van der Waals surface area (Å²) in [6.07, 6.45) is 0. The lowest BCUT2D eigenvalue weighted by atomic mass is 10.1. The summed E-state index contributed by atoms with van der Waals surface area (Å²) >= 11 is 1.49. The van der Waals surface area contributed by atoms with Gasteiger partial charge in [-0.2, -0.15) is 0 Å². The zero-order valence-corrected chi connectivity index (χ0v) is 11.7. The van der Waals surface area contributed by atoms with Crippen molar-refractivity contribution in [2.45, 2.75) is 6.92 Å². The van der Waals surface area contributed by atoms with E-state index < -0.39 is 0 Å². The van der Waals surface area contributed by atoms with Crippen LogP contribution in [0.5, 0.6) is 0 Å². The molecule has 0 saturated heterocycles. The highest BCUT2D eigenvalue weighted by atomic mass is 32.1. The number of hydrogen-bond donors (Lipinski definition) is 1.